The Morgan fingerprint density at radius 3 is 1.87 bits per heavy atom. The van der Waals surface area contributed by atoms with Gasteiger partial charge in [-0.15, -0.1) is 0 Å². The van der Waals surface area contributed by atoms with Gasteiger partial charge in [-0.1, -0.05) is 49.6 Å². The lowest BCUT2D eigenvalue weighted by molar-refractivity contribution is -0.140. The zero-order valence-corrected chi connectivity index (χ0v) is 27.4. The number of ether oxygens (including phenoxy) is 2. The Morgan fingerprint density at radius 1 is 0.787 bits per heavy atom. The Labute approximate surface area is 277 Å². The van der Waals surface area contributed by atoms with Crippen LogP contribution in [0.1, 0.15) is 87.7 Å². The van der Waals surface area contributed by atoms with Crippen molar-refractivity contribution in [3.63, 3.8) is 0 Å². The van der Waals surface area contributed by atoms with Crippen LogP contribution in [0.25, 0.3) is 10.8 Å². The number of rotatable bonds is 16. The van der Waals surface area contributed by atoms with Crippen LogP contribution in [0.4, 0.5) is 8.78 Å². The smallest absolute Gasteiger partial charge is 0.335 e. The fraction of sp³-hybridized carbons (Fsp3) is 0.538. The molecule has 47 heavy (non-hydrogen) atoms. The summed E-state index contributed by atoms with van der Waals surface area (Å²) in [5.74, 6) is 1.48. The van der Waals surface area contributed by atoms with Crippen LogP contribution < -0.4 is 0 Å². The number of hydrogen-bond donors (Lipinski definition) is 2. The molecule has 2 fully saturated rings. The van der Waals surface area contributed by atoms with Gasteiger partial charge in [-0.3, -0.25) is 0 Å². The van der Waals surface area contributed by atoms with E-state index in [-0.39, 0.29) is 30.3 Å². The fourth-order valence-corrected chi connectivity index (χ4v) is 7.64. The first-order valence-electron chi connectivity index (χ1n) is 17.1. The Morgan fingerprint density at radius 2 is 1.32 bits per heavy atom. The standard InChI is InChI=1S/C39H50F2O6/c1-26(24-42)38(44)46-20-18-33(19-21-47-39(45)27(2)25-43)31-10-8-29(9-11-31)30-12-14-32(15-13-30)35-17-16-34-22-28(4-3-5-37(40)41)6-7-36(34)23-35/h5-7,16-17,22-23,29-33,42-43H,1-4,8-15,18-21,24-25H2. The molecule has 0 heterocycles. The summed E-state index contributed by atoms with van der Waals surface area (Å²) in [7, 11) is 0. The molecule has 2 aromatic carbocycles. The van der Waals surface area contributed by atoms with Crippen LogP contribution >= 0.6 is 0 Å². The number of esters is 2. The second kappa shape index (κ2) is 18.3. The van der Waals surface area contributed by atoms with E-state index >= 15 is 0 Å². The van der Waals surface area contributed by atoms with Crippen LogP contribution in [-0.2, 0) is 25.5 Å². The van der Waals surface area contributed by atoms with E-state index in [1.165, 1.54) is 49.5 Å². The van der Waals surface area contributed by atoms with Gasteiger partial charge in [0.1, 0.15) is 0 Å². The molecule has 0 amide bonds. The highest BCUT2D eigenvalue weighted by molar-refractivity contribution is 5.88. The summed E-state index contributed by atoms with van der Waals surface area (Å²) in [6.45, 7) is 6.62. The van der Waals surface area contributed by atoms with Crippen molar-refractivity contribution in [1.82, 2.24) is 0 Å². The average Bonchev–Trinajstić information content (AvgIpc) is 3.09. The van der Waals surface area contributed by atoms with E-state index in [1.54, 1.807) is 0 Å². The summed E-state index contributed by atoms with van der Waals surface area (Å²) < 4.78 is 35.4. The number of benzene rings is 2. The van der Waals surface area contributed by atoms with Crippen LogP contribution in [0.2, 0.25) is 0 Å². The van der Waals surface area contributed by atoms with E-state index in [9.17, 15) is 18.4 Å². The molecule has 8 heteroatoms. The third kappa shape index (κ3) is 10.8. The van der Waals surface area contributed by atoms with Crippen LogP contribution in [0.3, 0.4) is 0 Å². The second-order valence-corrected chi connectivity index (χ2v) is 13.4. The van der Waals surface area contributed by atoms with E-state index in [0.29, 0.717) is 43.4 Å². The Bertz CT molecular complexity index is 1360. The van der Waals surface area contributed by atoms with Gasteiger partial charge >= 0.3 is 11.9 Å². The van der Waals surface area contributed by atoms with Gasteiger partial charge in [0.2, 0.25) is 0 Å². The average molecular weight is 653 g/mol. The fourth-order valence-electron chi connectivity index (χ4n) is 7.64. The van der Waals surface area contributed by atoms with Crippen molar-refractivity contribution in [2.75, 3.05) is 26.4 Å². The van der Waals surface area contributed by atoms with Crippen molar-refractivity contribution in [3.05, 3.63) is 84.0 Å². The maximum Gasteiger partial charge on any atom is 0.335 e. The number of allylic oxidation sites excluding steroid dienone is 1. The number of fused-ring (bicyclic) bond motifs is 1. The van der Waals surface area contributed by atoms with Crippen molar-refractivity contribution >= 4 is 22.7 Å². The number of halogens is 2. The number of carbonyl (C=O) groups excluding carboxylic acids is 2. The zero-order chi connectivity index (χ0) is 33.8. The predicted molar refractivity (Wildman–Crippen MR) is 180 cm³/mol. The molecule has 2 aliphatic rings. The molecule has 0 bridgehead atoms. The Kier molecular flexibility index (Phi) is 14.2. The number of aliphatic hydroxyl groups is 2. The molecule has 0 aromatic heterocycles. The first kappa shape index (κ1) is 36.5. The third-order valence-electron chi connectivity index (χ3n) is 10.5. The molecule has 2 aromatic rings. The molecule has 0 unspecified atom stereocenters. The molecule has 0 saturated heterocycles. The first-order chi connectivity index (χ1) is 22.7. The molecular weight excluding hydrogens is 602 g/mol. The monoisotopic (exact) mass is 652 g/mol. The molecular formula is C39H50F2O6. The Hall–Kier alpha value is -3.36. The molecule has 4 rings (SSSR count). The molecule has 0 atom stereocenters. The minimum Gasteiger partial charge on any atom is -0.462 e. The summed E-state index contributed by atoms with van der Waals surface area (Å²) in [6.07, 6.45) is 11.0. The van der Waals surface area contributed by atoms with Crippen molar-refractivity contribution in [1.29, 1.82) is 0 Å². The van der Waals surface area contributed by atoms with Crippen molar-refractivity contribution in [3.8, 4) is 0 Å². The van der Waals surface area contributed by atoms with Gasteiger partial charge < -0.3 is 19.7 Å². The lowest BCUT2D eigenvalue weighted by atomic mass is 9.66. The van der Waals surface area contributed by atoms with Gasteiger partial charge in [0.15, 0.2) is 0 Å². The first-order valence-corrected chi connectivity index (χ1v) is 17.1. The van der Waals surface area contributed by atoms with Gasteiger partial charge in [-0.05, 0) is 135 Å². The van der Waals surface area contributed by atoms with E-state index in [0.717, 1.165) is 35.8 Å². The lowest BCUT2D eigenvalue weighted by Gasteiger charge is -2.40. The summed E-state index contributed by atoms with van der Waals surface area (Å²) in [5, 5.41) is 20.6. The van der Waals surface area contributed by atoms with E-state index in [1.807, 2.05) is 0 Å². The summed E-state index contributed by atoms with van der Waals surface area (Å²) >= 11 is 0. The van der Waals surface area contributed by atoms with Crippen LogP contribution in [0, 0.1) is 23.7 Å². The largest absolute Gasteiger partial charge is 0.462 e. The predicted octanol–water partition coefficient (Wildman–Crippen LogP) is 8.21. The van der Waals surface area contributed by atoms with Gasteiger partial charge in [-0.25, -0.2) is 9.59 Å². The summed E-state index contributed by atoms with van der Waals surface area (Å²) in [4.78, 5) is 24.0. The van der Waals surface area contributed by atoms with Crippen LogP contribution in [0.15, 0.2) is 72.9 Å². The SMILES string of the molecule is C=C(CO)C(=O)OCCC(CCOC(=O)C(=C)CO)C1CCC(C2CCC(c3ccc4cc(CCC=C(F)F)ccc4c3)CC2)CC1. The second-order valence-electron chi connectivity index (χ2n) is 13.4. The maximum atomic E-state index is 12.4. The van der Waals surface area contributed by atoms with Gasteiger partial charge in [-0.2, -0.15) is 8.78 Å². The summed E-state index contributed by atoms with van der Waals surface area (Å²) in [6, 6.07) is 13.0. The highest BCUT2D eigenvalue weighted by atomic mass is 19.3. The van der Waals surface area contributed by atoms with Crippen molar-refractivity contribution < 1.29 is 38.1 Å². The van der Waals surface area contributed by atoms with Crippen molar-refractivity contribution in [2.45, 2.75) is 83.0 Å². The number of aliphatic hydroxyl groups excluding tert-OH is 2. The minimum absolute atomic E-state index is 0.0305. The van der Waals surface area contributed by atoms with Gasteiger partial charge in [0.25, 0.3) is 6.08 Å². The van der Waals surface area contributed by atoms with Gasteiger partial charge in [0.05, 0.1) is 37.6 Å². The van der Waals surface area contributed by atoms with E-state index < -0.39 is 31.2 Å². The van der Waals surface area contributed by atoms with E-state index in [4.69, 9.17) is 19.7 Å². The van der Waals surface area contributed by atoms with Gasteiger partial charge in [0, 0.05) is 0 Å². The molecule has 0 aliphatic heterocycles. The Balaban J connectivity index is 1.26. The van der Waals surface area contributed by atoms with E-state index in [2.05, 4.69) is 49.6 Å². The topological polar surface area (TPSA) is 93.1 Å². The number of hydrogen-bond acceptors (Lipinski definition) is 6. The normalized spacial score (nSPS) is 21.3. The molecule has 0 radical (unpaired) electrons. The zero-order valence-electron chi connectivity index (χ0n) is 27.4. The number of aryl methyl sites for hydroxylation is 1. The molecule has 0 spiro atoms. The molecule has 2 N–H and O–H groups in total. The maximum absolute atomic E-state index is 12.4. The third-order valence-corrected chi connectivity index (χ3v) is 10.5. The van der Waals surface area contributed by atoms with Crippen LogP contribution in [0.5, 0.6) is 0 Å². The molecule has 2 saturated carbocycles. The van der Waals surface area contributed by atoms with Crippen molar-refractivity contribution in [2.24, 2.45) is 23.7 Å². The quantitative estimate of drug-likeness (QED) is 0.140. The minimum atomic E-state index is -1.62. The summed E-state index contributed by atoms with van der Waals surface area (Å²) in [5.41, 5.74) is 2.53. The lowest BCUT2D eigenvalue weighted by Crippen LogP contribution is -2.29. The highest BCUT2D eigenvalue weighted by Crippen LogP contribution is 2.46. The molecule has 2 aliphatic carbocycles. The van der Waals surface area contributed by atoms with Crippen LogP contribution in [-0.4, -0.2) is 48.6 Å². The molecule has 6 nitrogen and oxygen atoms in total. The highest BCUT2D eigenvalue weighted by Gasteiger charge is 2.34. The number of carbonyl (C=O) groups is 2. The molecule has 256 valence electrons.